The molecule has 4 N–H and O–H groups in total. The van der Waals surface area contributed by atoms with E-state index in [4.69, 9.17) is 34.0 Å². The Hall–Kier alpha value is -1.23. The Labute approximate surface area is 107 Å². The maximum absolute atomic E-state index is 10.7. The number of halogens is 2. The minimum Gasteiger partial charge on any atom is -0.480 e. The molecule has 0 aliphatic carbocycles. The molecule has 0 fully saturated rings. The predicted octanol–water partition coefficient (Wildman–Crippen LogP) is 2.43. The lowest BCUT2D eigenvalue weighted by Gasteiger charge is -2.05. The number of aromatic amines is 1. The van der Waals surface area contributed by atoms with Crippen LogP contribution in [-0.2, 0) is 11.2 Å². The van der Waals surface area contributed by atoms with Gasteiger partial charge in [0.05, 0.1) is 10.0 Å². The van der Waals surface area contributed by atoms with Crippen molar-refractivity contribution in [2.24, 2.45) is 5.73 Å². The normalized spacial score (nSPS) is 12.9. The number of carbonyl (C=O) groups is 1. The Balaban J connectivity index is 2.42. The van der Waals surface area contributed by atoms with Crippen molar-refractivity contribution < 1.29 is 9.90 Å². The fourth-order valence-electron chi connectivity index (χ4n) is 1.67. The SMILES string of the molecule is N[C@@H](Cc1c[nH]c2cc(Cl)c(Cl)cc12)C(=O)O. The topological polar surface area (TPSA) is 79.1 Å². The molecule has 0 spiro atoms. The highest BCUT2D eigenvalue weighted by Gasteiger charge is 2.15. The first-order chi connectivity index (χ1) is 7.99. The van der Waals surface area contributed by atoms with Crippen molar-refractivity contribution in [2.45, 2.75) is 12.5 Å². The molecule has 0 saturated carbocycles. The van der Waals surface area contributed by atoms with Crippen LogP contribution in [0.5, 0.6) is 0 Å². The van der Waals surface area contributed by atoms with Gasteiger partial charge in [-0.15, -0.1) is 0 Å². The van der Waals surface area contributed by atoms with Crippen LogP contribution >= 0.6 is 23.2 Å². The van der Waals surface area contributed by atoms with E-state index >= 15 is 0 Å². The summed E-state index contributed by atoms with van der Waals surface area (Å²) in [4.78, 5) is 13.7. The third-order valence-corrected chi connectivity index (χ3v) is 3.29. The summed E-state index contributed by atoms with van der Waals surface area (Å²) in [5.74, 6) is -1.03. The number of carboxylic acids is 1. The van der Waals surface area contributed by atoms with Gasteiger partial charge in [-0.05, 0) is 17.7 Å². The van der Waals surface area contributed by atoms with Crippen LogP contribution in [0, 0.1) is 0 Å². The van der Waals surface area contributed by atoms with Crippen LogP contribution in [0.2, 0.25) is 10.0 Å². The molecule has 0 aliphatic heterocycles. The van der Waals surface area contributed by atoms with Gasteiger partial charge in [0.15, 0.2) is 0 Å². The molecule has 0 bridgehead atoms. The van der Waals surface area contributed by atoms with Crippen molar-refractivity contribution in [3.05, 3.63) is 33.9 Å². The van der Waals surface area contributed by atoms with Gasteiger partial charge < -0.3 is 15.8 Å². The summed E-state index contributed by atoms with van der Waals surface area (Å²) in [5, 5.41) is 10.5. The molecule has 2 rings (SSSR count). The number of carboxylic acid groups (broad SMARTS) is 1. The third kappa shape index (κ3) is 2.39. The second kappa shape index (κ2) is 4.56. The molecule has 0 aliphatic rings. The first-order valence-corrected chi connectivity index (χ1v) is 5.68. The second-order valence-corrected chi connectivity index (χ2v) is 4.59. The minimum absolute atomic E-state index is 0.243. The number of benzene rings is 1. The van der Waals surface area contributed by atoms with Gasteiger partial charge in [-0.1, -0.05) is 23.2 Å². The molecule has 0 radical (unpaired) electrons. The molecule has 0 saturated heterocycles. The number of hydrogen-bond donors (Lipinski definition) is 3. The summed E-state index contributed by atoms with van der Waals surface area (Å²) in [6, 6.07) is 2.48. The van der Waals surface area contributed by atoms with E-state index in [-0.39, 0.29) is 6.42 Å². The van der Waals surface area contributed by atoms with Gasteiger partial charge in [-0.25, -0.2) is 0 Å². The first kappa shape index (κ1) is 12.2. The lowest BCUT2D eigenvalue weighted by molar-refractivity contribution is -0.138. The van der Waals surface area contributed by atoms with E-state index in [1.165, 1.54) is 0 Å². The maximum atomic E-state index is 10.7. The van der Waals surface area contributed by atoms with E-state index in [1.807, 2.05) is 0 Å². The van der Waals surface area contributed by atoms with Crippen LogP contribution in [0.15, 0.2) is 18.3 Å². The van der Waals surface area contributed by atoms with Gasteiger partial charge in [0, 0.05) is 23.5 Å². The summed E-state index contributed by atoms with van der Waals surface area (Å²) < 4.78 is 0. The van der Waals surface area contributed by atoms with E-state index in [9.17, 15) is 4.79 Å². The van der Waals surface area contributed by atoms with Crippen molar-refractivity contribution in [1.82, 2.24) is 4.98 Å². The molecule has 0 unspecified atom stereocenters. The molecule has 4 nitrogen and oxygen atoms in total. The number of aromatic nitrogens is 1. The zero-order valence-corrected chi connectivity index (χ0v) is 10.2. The predicted molar refractivity (Wildman–Crippen MR) is 67.6 cm³/mol. The Morgan fingerprint density at radius 3 is 2.71 bits per heavy atom. The van der Waals surface area contributed by atoms with Crippen molar-refractivity contribution >= 4 is 40.1 Å². The van der Waals surface area contributed by atoms with E-state index in [1.54, 1.807) is 18.3 Å². The summed E-state index contributed by atoms with van der Waals surface area (Å²) in [6.07, 6.45) is 1.97. The molecular formula is C11H10Cl2N2O2. The fraction of sp³-hybridized carbons (Fsp3) is 0.182. The quantitative estimate of drug-likeness (QED) is 0.803. The lowest BCUT2D eigenvalue weighted by atomic mass is 10.1. The van der Waals surface area contributed by atoms with E-state index < -0.39 is 12.0 Å². The van der Waals surface area contributed by atoms with E-state index in [0.29, 0.717) is 10.0 Å². The smallest absolute Gasteiger partial charge is 0.320 e. The van der Waals surface area contributed by atoms with Gasteiger partial charge in [0.2, 0.25) is 0 Å². The largest absolute Gasteiger partial charge is 0.480 e. The zero-order valence-electron chi connectivity index (χ0n) is 8.71. The molecule has 2 aromatic rings. The van der Waals surface area contributed by atoms with Crippen LogP contribution in [0.4, 0.5) is 0 Å². The summed E-state index contributed by atoms with van der Waals surface area (Å²) in [6.45, 7) is 0. The van der Waals surface area contributed by atoms with Crippen LogP contribution in [0.1, 0.15) is 5.56 Å². The van der Waals surface area contributed by atoms with Crippen molar-refractivity contribution in [3.63, 3.8) is 0 Å². The molecular weight excluding hydrogens is 263 g/mol. The number of rotatable bonds is 3. The number of hydrogen-bond acceptors (Lipinski definition) is 2. The highest BCUT2D eigenvalue weighted by molar-refractivity contribution is 6.42. The molecule has 1 aromatic carbocycles. The molecule has 1 aromatic heterocycles. The Kier molecular flexibility index (Phi) is 3.28. The highest BCUT2D eigenvalue weighted by Crippen LogP contribution is 2.29. The van der Waals surface area contributed by atoms with Crippen LogP contribution in [0.3, 0.4) is 0 Å². The van der Waals surface area contributed by atoms with Crippen molar-refractivity contribution in [2.75, 3.05) is 0 Å². The summed E-state index contributed by atoms with van der Waals surface area (Å²) in [5.41, 5.74) is 7.12. The Morgan fingerprint density at radius 2 is 2.06 bits per heavy atom. The van der Waals surface area contributed by atoms with Gasteiger partial charge in [0.1, 0.15) is 6.04 Å². The monoisotopic (exact) mass is 272 g/mol. The maximum Gasteiger partial charge on any atom is 0.320 e. The number of H-pyrrole nitrogens is 1. The lowest BCUT2D eigenvalue weighted by Crippen LogP contribution is -2.32. The highest BCUT2D eigenvalue weighted by atomic mass is 35.5. The van der Waals surface area contributed by atoms with Gasteiger partial charge in [0.25, 0.3) is 0 Å². The second-order valence-electron chi connectivity index (χ2n) is 3.77. The van der Waals surface area contributed by atoms with Gasteiger partial charge in [-0.2, -0.15) is 0 Å². The summed E-state index contributed by atoms with van der Waals surface area (Å²) in [7, 11) is 0. The molecule has 6 heteroatoms. The number of aliphatic carboxylic acids is 1. The third-order valence-electron chi connectivity index (χ3n) is 2.57. The van der Waals surface area contributed by atoms with E-state index in [0.717, 1.165) is 16.5 Å². The number of fused-ring (bicyclic) bond motifs is 1. The fourth-order valence-corrected chi connectivity index (χ4v) is 1.99. The van der Waals surface area contributed by atoms with Crippen LogP contribution in [-0.4, -0.2) is 22.1 Å². The minimum atomic E-state index is -1.03. The van der Waals surface area contributed by atoms with Gasteiger partial charge >= 0.3 is 5.97 Å². The molecule has 17 heavy (non-hydrogen) atoms. The van der Waals surface area contributed by atoms with Gasteiger partial charge in [-0.3, -0.25) is 4.79 Å². The number of nitrogens with one attached hydrogen (secondary N) is 1. The Bertz CT molecular complexity index is 580. The zero-order chi connectivity index (χ0) is 12.6. The van der Waals surface area contributed by atoms with Crippen molar-refractivity contribution in [1.29, 1.82) is 0 Å². The number of nitrogens with two attached hydrogens (primary N) is 1. The van der Waals surface area contributed by atoms with Crippen molar-refractivity contribution in [3.8, 4) is 0 Å². The molecule has 1 atom stereocenters. The first-order valence-electron chi connectivity index (χ1n) is 4.92. The average Bonchev–Trinajstić information content (AvgIpc) is 2.62. The van der Waals surface area contributed by atoms with Crippen LogP contribution < -0.4 is 5.73 Å². The molecule has 1 heterocycles. The molecule has 90 valence electrons. The standard InChI is InChI=1S/C11H10Cl2N2O2/c12-7-2-6-5(1-9(14)11(16)17)4-15-10(6)3-8(7)13/h2-4,9,15H,1,14H2,(H,16,17)/t9-/m0/s1. The molecule has 0 amide bonds. The summed E-state index contributed by atoms with van der Waals surface area (Å²) >= 11 is 11.8. The average molecular weight is 273 g/mol. The van der Waals surface area contributed by atoms with Crippen LogP contribution in [0.25, 0.3) is 10.9 Å². The van der Waals surface area contributed by atoms with E-state index in [2.05, 4.69) is 4.98 Å². The Morgan fingerprint density at radius 1 is 1.41 bits per heavy atom.